The molecule has 0 aliphatic rings. The molecule has 0 spiro atoms. The highest BCUT2D eigenvalue weighted by atomic mass is 32.2. The Morgan fingerprint density at radius 2 is 1.00 bits per heavy atom. The lowest BCUT2D eigenvalue weighted by Crippen LogP contribution is -2.31. The molecule has 0 saturated heterocycles. The first kappa shape index (κ1) is 49.5. The highest BCUT2D eigenvalue weighted by Crippen LogP contribution is 2.39. The lowest BCUT2D eigenvalue weighted by molar-refractivity contribution is -0.138. The number of azo groups is 2. The van der Waals surface area contributed by atoms with Crippen molar-refractivity contribution in [1.29, 1.82) is 0 Å². The van der Waals surface area contributed by atoms with Gasteiger partial charge in [0.15, 0.2) is 0 Å². The van der Waals surface area contributed by atoms with Gasteiger partial charge in [-0.15, -0.1) is 15.3 Å². The Morgan fingerprint density at radius 3 is 1.43 bits per heavy atom. The average Bonchev–Trinajstić information content (AvgIpc) is 3.25. The molecule has 4 aromatic carbocycles. The summed E-state index contributed by atoms with van der Waals surface area (Å²) < 4.78 is 114. The van der Waals surface area contributed by atoms with Crippen LogP contribution in [0, 0.1) is 0 Å². The van der Waals surface area contributed by atoms with Crippen molar-refractivity contribution in [2.24, 2.45) is 20.5 Å². The van der Waals surface area contributed by atoms with Gasteiger partial charge in [0.05, 0.1) is 41.4 Å². The van der Waals surface area contributed by atoms with Crippen LogP contribution in [0.15, 0.2) is 104 Å². The zero-order valence-electron chi connectivity index (χ0n) is 35.5. The van der Waals surface area contributed by atoms with Gasteiger partial charge in [0, 0.05) is 50.6 Å². The van der Waals surface area contributed by atoms with E-state index in [0.717, 1.165) is 23.9 Å². The first-order valence-electron chi connectivity index (χ1n) is 20.1. The first-order chi connectivity index (χ1) is 30.8. The third-order valence-electron chi connectivity index (χ3n) is 9.66. The second-order valence-corrected chi connectivity index (χ2v) is 15.2. The molecule has 0 bridgehead atoms. The minimum atomic E-state index is -5.20. The first-order valence-corrected chi connectivity index (χ1v) is 21.5. The Hall–Kier alpha value is -6.50. The van der Waals surface area contributed by atoms with Crippen LogP contribution in [0.3, 0.4) is 0 Å². The van der Waals surface area contributed by atoms with Gasteiger partial charge in [0.1, 0.15) is 22.0 Å². The standard InChI is InChI=1S/C41H46F6N12O5S/c1-5-57(6-2)29-14-17-31(54-53-28-12-9-26(10-13-28)40(42,43)44)34(24-29)48-37-50-38(52-39(51-37)59(19-21-60)20-22-61)49-35-25-30(58(7-3)8-4)15-18-32(35)55-56-33-16-11-27(41(45,46)47)23-36(33)65(62,63)64/h9-18,23-25,60-61H,5-8,19-22H2,1-4H3,(H,62,63,64)(H2,48,49,50,51,52). The molecular weight excluding hydrogens is 887 g/mol. The lowest BCUT2D eigenvalue weighted by Gasteiger charge is -2.24. The number of aromatic nitrogens is 3. The summed E-state index contributed by atoms with van der Waals surface area (Å²) in [5.41, 5.74) is -0.451. The fraction of sp³-hybridized carbons (Fsp3) is 0.341. The zero-order chi connectivity index (χ0) is 47.5. The molecule has 5 rings (SSSR count). The van der Waals surface area contributed by atoms with E-state index in [0.29, 0.717) is 43.6 Å². The molecule has 17 nitrogen and oxygen atoms in total. The van der Waals surface area contributed by atoms with Gasteiger partial charge in [0.2, 0.25) is 17.8 Å². The Bertz CT molecular complexity index is 2570. The van der Waals surface area contributed by atoms with Crippen LogP contribution in [0.1, 0.15) is 38.8 Å². The van der Waals surface area contributed by atoms with Gasteiger partial charge in [0.25, 0.3) is 10.1 Å². The van der Waals surface area contributed by atoms with Gasteiger partial charge in [-0.2, -0.15) is 54.8 Å². The molecule has 5 N–H and O–H groups in total. The van der Waals surface area contributed by atoms with E-state index in [-0.39, 0.29) is 73.0 Å². The van der Waals surface area contributed by atoms with Crippen LogP contribution in [0.4, 0.5) is 89.7 Å². The Morgan fingerprint density at radius 1 is 0.569 bits per heavy atom. The summed E-state index contributed by atoms with van der Waals surface area (Å²) in [6.45, 7) is 9.42. The maximum absolute atomic E-state index is 13.5. The number of anilines is 7. The lowest BCUT2D eigenvalue weighted by atomic mass is 10.2. The maximum Gasteiger partial charge on any atom is 0.416 e. The number of hydrogen-bond acceptors (Lipinski definition) is 16. The average molecular weight is 933 g/mol. The van der Waals surface area contributed by atoms with E-state index in [1.807, 2.05) is 37.5 Å². The van der Waals surface area contributed by atoms with Gasteiger partial charge >= 0.3 is 12.4 Å². The van der Waals surface area contributed by atoms with Crippen molar-refractivity contribution in [3.63, 3.8) is 0 Å². The summed E-state index contributed by atoms with van der Waals surface area (Å²) in [5.74, 6) is -0.245. The molecule has 0 radical (unpaired) electrons. The Kier molecular flexibility index (Phi) is 16.3. The normalized spacial score (nSPS) is 12.3. The number of alkyl halides is 6. The highest BCUT2D eigenvalue weighted by molar-refractivity contribution is 7.86. The fourth-order valence-electron chi connectivity index (χ4n) is 6.32. The molecule has 348 valence electrons. The molecule has 5 aromatic rings. The smallest absolute Gasteiger partial charge is 0.395 e. The monoisotopic (exact) mass is 932 g/mol. The molecule has 0 unspecified atom stereocenters. The molecule has 0 saturated carbocycles. The van der Waals surface area contributed by atoms with Crippen molar-refractivity contribution in [2.45, 2.75) is 44.9 Å². The maximum atomic E-state index is 13.5. The van der Waals surface area contributed by atoms with E-state index >= 15 is 0 Å². The van der Waals surface area contributed by atoms with Crippen LogP contribution in [-0.2, 0) is 22.5 Å². The quantitative estimate of drug-likeness (QED) is 0.0279. The van der Waals surface area contributed by atoms with Crippen molar-refractivity contribution in [1.82, 2.24) is 15.0 Å². The van der Waals surface area contributed by atoms with E-state index in [2.05, 4.69) is 46.0 Å². The van der Waals surface area contributed by atoms with Crippen molar-refractivity contribution >= 4 is 73.5 Å². The number of nitrogens with zero attached hydrogens (tertiary/aromatic N) is 10. The summed E-state index contributed by atoms with van der Waals surface area (Å²) in [5, 5.41) is 42.6. The molecular formula is C41H46F6N12O5S. The number of benzene rings is 4. The molecule has 0 amide bonds. The Balaban J connectivity index is 1.64. The molecule has 24 heteroatoms. The second kappa shape index (κ2) is 21.5. The number of rotatable bonds is 20. The number of aliphatic hydroxyl groups is 2. The predicted octanol–water partition coefficient (Wildman–Crippen LogP) is 9.96. The van der Waals surface area contributed by atoms with Gasteiger partial charge in [-0.05, 0) is 107 Å². The number of nitrogens with one attached hydrogen (secondary N) is 2. The largest absolute Gasteiger partial charge is 0.416 e. The molecule has 1 aromatic heterocycles. The van der Waals surface area contributed by atoms with Crippen molar-refractivity contribution in [3.8, 4) is 0 Å². The van der Waals surface area contributed by atoms with Crippen LogP contribution in [-0.4, -0.2) is 90.6 Å². The van der Waals surface area contributed by atoms with Crippen molar-refractivity contribution < 1.29 is 49.5 Å². The Labute approximate surface area is 370 Å². The minimum Gasteiger partial charge on any atom is -0.395 e. The predicted molar refractivity (Wildman–Crippen MR) is 234 cm³/mol. The molecule has 1 heterocycles. The number of halogens is 6. The number of aliphatic hydroxyl groups excluding tert-OH is 2. The SMILES string of the molecule is CCN(CC)c1ccc(N=Nc2ccc(C(F)(F)F)cc2)c(Nc2nc(Nc3cc(N(CC)CC)ccc3N=Nc3ccc(C(F)(F)F)cc3S(=O)(=O)O)nc(N(CCO)CCO)n2)c1. The summed E-state index contributed by atoms with van der Waals surface area (Å²) in [6, 6.07) is 15.8. The molecule has 0 aliphatic carbocycles. The van der Waals surface area contributed by atoms with Crippen LogP contribution in [0.2, 0.25) is 0 Å². The van der Waals surface area contributed by atoms with Crippen LogP contribution in [0.5, 0.6) is 0 Å². The van der Waals surface area contributed by atoms with E-state index in [4.69, 9.17) is 0 Å². The third kappa shape index (κ3) is 13.0. The molecule has 0 fully saturated rings. The third-order valence-corrected chi connectivity index (χ3v) is 10.5. The fourth-order valence-corrected chi connectivity index (χ4v) is 6.97. The van der Waals surface area contributed by atoms with Crippen LogP contribution >= 0.6 is 0 Å². The van der Waals surface area contributed by atoms with Crippen LogP contribution in [0.25, 0.3) is 0 Å². The number of hydrogen-bond donors (Lipinski definition) is 5. The molecule has 0 atom stereocenters. The van der Waals surface area contributed by atoms with Gasteiger partial charge < -0.3 is 35.5 Å². The minimum absolute atomic E-state index is 0.0202. The van der Waals surface area contributed by atoms with E-state index < -0.39 is 44.2 Å². The van der Waals surface area contributed by atoms with Gasteiger partial charge in [-0.1, -0.05) is 0 Å². The molecule has 0 aliphatic heterocycles. The molecule has 65 heavy (non-hydrogen) atoms. The van der Waals surface area contributed by atoms with Crippen molar-refractivity contribution in [2.75, 3.05) is 77.8 Å². The van der Waals surface area contributed by atoms with E-state index in [1.54, 1.807) is 30.3 Å². The van der Waals surface area contributed by atoms with Crippen LogP contribution < -0.4 is 25.3 Å². The van der Waals surface area contributed by atoms with E-state index in [9.17, 15) is 49.5 Å². The summed E-state index contributed by atoms with van der Waals surface area (Å²) in [6.07, 6.45) is -9.47. The summed E-state index contributed by atoms with van der Waals surface area (Å²) in [4.78, 5) is 18.1. The van der Waals surface area contributed by atoms with Crippen molar-refractivity contribution in [3.05, 3.63) is 90.0 Å². The zero-order valence-corrected chi connectivity index (χ0v) is 36.3. The highest BCUT2D eigenvalue weighted by Gasteiger charge is 2.33. The summed E-state index contributed by atoms with van der Waals surface area (Å²) >= 11 is 0. The summed E-state index contributed by atoms with van der Waals surface area (Å²) in [7, 11) is -5.20. The van der Waals surface area contributed by atoms with E-state index in [1.165, 1.54) is 23.1 Å². The topological polar surface area (TPSA) is 217 Å². The van der Waals surface area contributed by atoms with Gasteiger partial charge in [-0.3, -0.25) is 4.55 Å². The van der Waals surface area contributed by atoms with Gasteiger partial charge in [-0.25, -0.2) is 0 Å². The second-order valence-electron chi connectivity index (χ2n) is 13.8.